The Morgan fingerprint density at radius 1 is 1.50 bits per heavy atom. The van der Waals surface area contributed by atoms with Crippen molar-refractivity contribution in [2.24, 2.45) is 11.1 Å². The van der Waals surface area contributed by atoms with E-state index in [0.29, 0.717) is 32.8 Å². The first kappa shape index (κ1) is 11.5. The second-order valence-electron chi connectivity index (χ2n) is 3.80. The van der Waals surface area contributed by atoms with Gasteiger partial charge in [-0.1, -0.05) is 0 Å². The summed E-state index contributed by atoms with van der Waals surface area (Å²) < 4.78 is 10.2. The van der Waals surface area contributed by atoms with Crippen LogP contribution in [0.15, 0.2) is 0 Å². The Hall–Kier alpha value is -0.610. The number of rotatable bonds is 4. The zero-order valence-corrected chi connectivity index (χ0v) is 8.75. The van der Waals surface area contributed by atoms with Crippen LogP contribution in [0.4, 0.5) is 0 Å². The molecule has 0 amide bonds. The highest BCUT2D eigenvalue weighted by molar-refractivity contribution is 5.70. The molecule has 1 saturated heterocycles. The lowest BCUT2D eigenvalue weighted by Gasteiger charge is -2.35. The van der Waals surface area contributed by atoms with Crippen LogP contribution in [0, 0.1) is 5.41 Å². The summed E-state index contributed by atoms with van der Waals surface area (Å²) in [7, 11) is 0. The molecule has 1 rings (SSSR count). The van der Waals surface area contributed by atoms with Crippen LogP contribution in [0.2, 0.25) is 0 Å². The first-order chi connectivity index (χ1) is 6.72. The third kappa shape index (κ3) is 2.96. The van der Waals surface area contributed by atoms with Crippen molar-refractivity contribution >= 4 is 5.97 Å². The minimum Gasteiger partial charge on any atom is -0.466 e. The van der Waals surface area contributed by atoms with E-state index < -0.39 is 0 Å². The first-order valence-electron chi connectivity index (χ1n) is 5.16. The molecule has 0 atom stereocenters. The Morgan fingerprint density at radius 3 is 2.64 bits per heavy atom. The van der Waals surface area contributed by atoms with Crippen molar-refractivity contribution in [3.8, 4) is 0 Å². The van der Waals surface area contributed by atoms with Gasteiger partial charge in [-0.2, -0.15) is 0 Å². The van der Waals surface area contributed by atoms with Crippen LogP contribution < -0.4 is 5.73 Å². The molecular formula is C10H19NO3. The van der Waals surface area contributed by atoms with Crippen LogP contribution >= 0.6 is 0 Å². The predicted molar refractivity (Wildman–Crippen MR) is 52.8 cm³/mol. The molecule has 0 aliphatic carbocycles. The third-order valence-corrected chi connectivity index (χ3v) is 2.81. The van der Waals surface area contributed by atoms with Crippen LogP contribution in [0.1, 0.15) is 26.2 Å². The highest BCUT2D eigenvalue weighted by Gasteiger charge is 2.33. The van der Waals surface area contributed by atoms with Crippen LogP contribution in [0.5, 0.6) is 0 Å². The summed E-state index contributed by atoms with van der Waals surface area (Å²) in [6.07, 6.45) is 2.16. The third-order valence-electron chi connectivity index (χ3n) is 2.81. The molecule has 1 fully saturated rings. The summed E-state index contributed by atoms with van der Waals surface area (Å²) in [6, 6.07) is 0. The van der Waals surface area contributed by atoms with Crippen molar-refractivity contribution in [2.75, 3.05) is 26.4 Å². The molecule has 0 radical (unpaired) electrons. The lowest BCUT2D eigenvalue weighted by molar-refractivity contribution is -0.147. The molecule has 82 valence electrons. The number of hydrogen-bond donors (Lipinski definition) is 1. The second kappa shape index (κ2) is 5.32. The number of nitrogens with two attached hydrogens (primary N) is 1. The van der Waals surface area contributed by atoms with E-state index >= 15 is 0 Å². The van der Waals surface area contributed by atoms with E-state index in [0.717, 1.165) is 12.8 Å². The lowest BCUT2D eigenvalue weighted by Crippen LogP contribution is -2.38. The Kier molecular flexibility index (Phi) is 4.35. The normalized spacial score (nSPS) is 20.4. The van der Waals surface area contributed by atoms with E-state index in [2.05, 4.69) is 0 Å². The molecule has 0 spiro atoms. The topological polar surface area (TPSA) is 61.5 Å². The van der Waals surface area contributed by atoms with Crippen molar-refractivity contribution in [1.82, 2.24) is 0 Å². The maximum absolute atomic E-state index is 11.4. The predicted octanol–water partition coefficient (Wildman–Crippen LogP) is 0.695. The van der Waals surface area contributed by atoms with Gasteiger partial charge < -0.3 is 15.2 Å². The monoisotopic (exact) mass is 201 g/mol. The molecule has 4 nitrogen and oxygen atoms in total. The fourth-order valence-corrected chi connectivity index (χ4v) is 1.78. The zero-order valence-electron chi connectivity index (χ0n) is 8.75. The van der Waals surface area contributed by atoms with Crippen LogP contribution in [0.25, 0.3) is 0 Å². The molecule has 1 heterocycles. The van der Waals surface area contributed by atoms with Gasteiger partial charge in [-0.25, -0.2) is 0 Å². The molecular weight excluding hydrogens is 182 g/mol. The van der Waals surface area contributed by atoms with Gasteiger partial charge >= 0.3 is 5.97 Å². The van der Waals surface area contributed by atoms with Crippen molar-refractivity contribution in [2.45, 2.75) is 26.2 Å². The van der Waals surface area contributed by atoms with Crippen molar-refractivity contribution in [1.29, 1.82) is 0 Å². The molecule has 1 aliphatic heterocycles. The Morgan fingerprint density at radius 2 is 2.14 bits per heavy atom. The van der Waals surface area contributed by atoms with Crippen molar-refractivity contribution in [3.63, 3.8) is 0 Å². The highest BCUT2D eigenvalue weighted by Crippen LogP contribution is 2.33. The van der Waals surface area contributed by atoms with Gasteiger partial charge in [0.1, 0.15) is 0 Å². The second-order valence-corrected chi connectivity index (χ2v) is 3.80. The number of carbonyl (C=O) groups is 1. The number of hydrogen-bond acceptors (Lipinski definition) is 4. The summed E-state index contributed by atoms with van der Waals surface area (Å²) in [5.41, 5.74) is 5.64. The molecule has 0 saturated carbocycles. The summed E-state index contributed by atoms with van der Waals surface area (Å²) in [5.74, 6) is -0.139. The maximum atomic E-state index is 11.4. The van der Waals surface area contributed by atoms with Gasteiger partial charge in [-0.3, -0.25) is 4.79 Å². The molecule has 4 heteroatoms. The summed E-state index contributed by atoms with van der Waals surface area (Å²) >= 11 is 0. The van der Waals surface area contributed by atoms with Gasteiger partial charge in [-0.05, 0) is 31.7 Å². The molecule has 0 aromatic heterocycles. The average molecular weight is 201 g/mol. The van der Waals surface area contributed by atoms with Crippen molar-refractivity contribution < 1.29 is 14.3 Å². The lowest BCUT2D eigenvalue weighted by atomic mass is 9.77. The van der Waals surface area contributed by atoms with Gasteiger partial charge in [0.05, 0.1) is 13.0 Å². The molecule has 14 heavy (non-hydrogen) atoms. The SMILES string of the molecule is CCOC(=O)CC1(CN)CCOCC1. The number of esters is 1. The van der Waals surface area contributed by atoms with E-state index in [9.17, 15) is 4.79 Å². The van der Waals surface area contributed by atoms with Crippen LogP contribution in [0.3, 0.4) is 0 Å². The molecule has 0 unspecified atom stereocenters. The summed E-state index contributed by atoms with van der Waals surface area (Å²) in [4.78, 5) is 11.4. The fourth-order valence-electron chi connectivity index (χ4n) is 1.78. The smallest absolute Gasteiger partial charge is 0.306 e. The van der Waals surface area contributed by atoms with Crippen molar-refractivity contribution in [3.05, 3.63) is 0 Å². The quantitative estimate of drug-likeness (QED) is 0.680. The average Bonchev–Trinajstić information content (AvgIpc) is 2.19. The molecule has 0 aromatic rings. The van der Waals surface area contributed by atoms with E-state index in [1.165, 1.54) is 0 Å². The Labute approximate surface area is 84.7 Å². The molecule has 0 bridgehead atoms. The summed E-state index contributed by atoms with van der Waals surface area (Å²) in [6.45, 7) is 4.20. The Bertz CT molecular complexity index is 188. The standard InChI is InChI=1S/C10H19NO3/c1-2-14-9(12)7-10(8-11)3-5-13-6-4-10/h2-8,11H2,1H3. The zero-order chi connectivity index (χ0) is 10.4. The van der Waals surface area contributed by atoms with Crippen LogP contribution in [-0.4, -0.2) is 32.3 Å². The first-order valence-corrected chi connectivity index (χ1v) is 5.16. The van der Waals surface area contributed by atoms with E-state index in [1.807, 2.05) is 6.92 Å². The fraction of sp³-hybridized carbons (Fsp3) is 0.900. The van der Waals surface area contributed by atoms with Crippen LogP contribution in [-0.2, 0) is 14.3 Å². The van der Waals surface area contributed by atoms with Gasteiger partial charge in [0.15, 0.2) is 0 Å². The van der Waals surface area contributed by atoms with Gasteiger partial charge in [0.2, 0.25) is 0 Å². The Balaban J connectivity index is 2.47. The van der Waals surface area contributed by atoms with E-state index in [4.69, 9.17) is 15.2 Å². The molecule has 0 aromatic carbocycles. The minimum absolute atomic E-state index is 0.0789. The van der Waals surface area contributed by atoms with E-state index in [-0.39, 0.29) is 11.4 Å². The number of carbonyl (C=O) groups excluding carboxylic acids is 1. The minimum atomic E-state index is -0.139. The maximum Gasteiger partial charge on any atom is 0.306 e. The largest absolute Gasteiger partial charge is 0.466 e. The molecule has 1 aliphatic rings. The van der Waals surface area contributed by atoms with Gasteiger partial charge in [-0.15, -0.1) is 0 Å². The van der Waals surface area contributed by atoms with Gasteiger partial charge in [0, 0.05) is 13.2 Å². The van der Waals surface area contributed by atoms with Gasteiger partial charge in [0.25, 0.3) is 0 Å². The number of ether oxygens (including phenoxy) is 2. The highest BCUT2D eigenvalue weighted by atomic mass is 16.5. The van der Waals surface area contributed by atoms with E-state index in [1.54, 1.807) is 0 Å². The molecule has 2 N–H and O–H groups in total. The summed E-state index contributed by atoms with van der Waals surface area (Å²) in [5, 5.41) is 0.